The van der Waals surface area contributed by atoms with E-state index in [0.29, 0.717) is 35.4 Å². The fourth-order valence-corrected chi connectivity index (χ4v) is 5.49. The van der Waals surface area contributed by atoms with Crippen LogP contribution < -0.4 is 11.1 Å². The first-order valence-corrected chi connectivity index (χ1v) is 10.6. The van der Waals surface area contributed by atoms with Crippen LogP contribution in [0.3, 0.4) is 0 Å². The second kappa shape index (κ2) is 7.67. The fourth-order valence-electron chi connectivity index (χ4n) is 4.54. The van der Waals surface area contributed by atoms with Crippen LogP contribution in [0.1, 0.15) is 37.8 Å². The van der Waals surface area contributed by atoms with E-state index in [1.165, 1.54) is 19.3 Å². The summed E-state index contributed by atoms with van der Waals surface area (Å²) < 4.78 is 0. The van der Waals surface area contributed by atoms with Gasteiger partial charge in [-0.1, -0.05) is 30.2 Å². The van der Waals surface area contributed by atoms with Crippen molar-refractivity contribution in [1.29, 1.82) is 0 Å². The van der Waals surface area contributed by atoms with E-state index in [-0.39, 0.29) is 5.91 Å². The van der Waals surface area contributed by atoms with Crippen LogP contribution in [0.2, 0.25) is 5.02 Å². The van der Waals surface area contributed by atoms with Crippen molar-refractivity contribution in [2.75, 3.05) is 0 Å². The van der Waals surface area contributed by atoms with Crippen molar-refractivity contribution in [2.45, 2.75) is 50.6 Å². The zero-order valence-electron chi connectivity index (χ0n) is 14.7. The van der Waals surface area contributed by atoms with Gasteiger partial charge in [0.05, 0.1) is 12.1 Å². The van der Waals surface area contributed by atoms with Gasteiger partial charge in [0.2, 0.25) is 5.91 Å². The molecule has 138 valence electrons. The topological polar surface area (TPSA) is 68.0 Å². The van der Waals surface area contributed by atoms with Crippen LogP contribution in [0, 0.1) is 11.8 Å². The maximum Gasteiger partial charge on any atom is 0.226 e. The Hall–Kier alpha value is -1.43. The molecular formula is C20H24ClN3OS. The van der Waals surface area contributed by atoms with Gasteiger partial charge in [-0.3, -0.25) is 4.79 Å². The molecule has 2 fully saturated rings. The number of fused-ring (bicyclic) bond motifs is 2. The second-order valence-corrected chi connectivity index (χ2v) is 8.90. The van der Waals surface area contributed by atoms with Gasteiger partial charge in [-0.25, -0.2) is 4.98 Å². The lowest BCUT2D eigenvalue weighted by molar-refractivity contribution is -0.122. The zero-order chi connectivity index (χ0) is 18.1. The van der Waals surface area contributed by atoms with Crippen molar-refractivity contribution < 1.29 is 4.79 Å². The first kappa shape index (κ1) is 18.0. The molecule has 2 saturated carbocycles. The molecule has 1 heterocycles. The summed E-state index contributed by atoms with van der Waals surface area (Å²) in [6.07, 6.45) is 6.06. The number of halogens is 1. The van der Waals surface area contributed by atoms with Crippen LogP contribution in [0.25, 0.3) is 10.6 Å². The third-order valence-corrected chi connectivity index (χ3v) is 6.88. The molecule has 26 heavy (non-hydrogen) atoms. The van der Waals surface area contributed by atoms with Crippen LogP contribution >= 0.6 is 22.9 Å². The summed E-state index contributed by atoms with van der Waals surface area (Å²) >= 11 is 7.50. The maximum atomic E-state index is 12.6. The molecule has 2 aliphatic rings. The summed E-state index contributed by atoms with van der Waals surface area (Å²) in [5, 5.41) is 6.90. The van der Waals surface area contributed by atoms with Crippen LogP contribution in [-0.4, -0.2) is 23.0 Å². The third-order valence-electron chi connectivity index (χ3n) is 5.69. The van der Waals surface area contributed by atoms with Gasteiger partial charge >= 0.3 is 0 Å². The number of aromatic nitrogens is 1. The lowest BCUT2D eigenvalue weighted by Gasteiger charge is -2.45. The highest BCUT2D eigenvalue weighted by molar-refractivity contribution is 7.13. The molecule has 4 nitrogen and oxygen atoms in total. The number of rotatable bonds is 4. The molecule has 2 atom stereocenters. The number of carbonyl (C=O) groups excluding carboxylic acids is 1. The van der Waals surface area contributed by atoms with Crippen molar-refractivity contribution in [2.24, 2.45) is 17.6 Å². The van der Waals surface area contributed by atoms with Crippen LogP contribution in [0.4, 0.5) is 0 Å². The standard InChI is InChI=1S/C20H24ClN3OS/c21-15-6-4-12(5-7-15)20-23-17(11-26-20)10-18(25)24-19-13-2-1-3-14(19)9-16(22)8-13/h4-7,11,13-14,16,19H,1-3,8-10,22H2,(H,24,25). The van der Waals surface area contributed by atoms with Gasteiger partial charge in [-0.15, -0.1) is 11.3 Å². The number of nitrogens with two attached hydrogens (primary N) is 1. The molecule has 1 aromatic heterocycles. The number of hydrogen-bond donors (Lipinski definition) is 2. The SMILES string of the molecule is NC1CC2CCCC(C1)C2NC(=O)Cc1csc(-c2ccc(Cl)cc2)n1. The number of thiazole rings is 1. The highest BCUT2D eigenvalue weighted by Gasteiger charge is 2.39. The summed E-state index contributed by atoms with van der Waals surface area (Å²) in [5.41, 5.74) is 8.04. The molecule has 1 amide bonds. The normalized spacial score (nSPS) is 27.9. The summed E-state index contributed by atoms with van der Waals surface area (Å²) in [4.78, 5) is 17.2. The molecule has 2 bridgehead atoms. The first-order valence-electron chi connectivity index (χ1n) is 9.34. The highest BCUT2D eigenvalue weighted by Crippen LogP contribution is 2.39. The maximum absolute atomic E-state index is 12.6. The monoisotopic (exact) mass is 389 g/mol. The van der Waals surface area contributed by atoms with E-state index >= 15 is 0 Å². The predicted octanol–water partition coefficient (Wildman–Crippen LogP) is 4.03. The molecule has 2 unspecified atom stereocenters. The molecule has 3 N–H and O–H groups in total. The quantitative estimate of drug-likeness (QED) is 0.829. The Labute approximate surface area is 163 Å². The van der Waals surface area contributed by atoms with E-state index < -0.39 is 0 Å². The number of amides is 1. The predicted molar refractivity (Wildman–Crippen MR) is 106 cm³/mol. The van der Waals surface area contributed by atoms with Gasteiger partial charge < -0.3 is 11.1 Å². The summed E-state index contributed by atoms with van der Waals surface area (Å²) in [6.45, 7) is 0. The number of hydrogen-bond acceptors (Lipinski definition) is 4. The van der Waals surface area contributed by atoms with E-state index in [1.807, 2.05) is 29.6 Å². The van der Waals surface area contributed by atoms with E-state index in [2.05, 4.69) is 10.3 Å². The average Bonchev–Trinajstić information content (AvgIpc) is 3.04. The largest absolute Gasteiger partial charge is 0.352 e. The number of carbonyl (C=O) groups is 1. The average molecular weight is 390 g/mol. The van der Waals surface area contributed by atoms with Crippen LogP contribution in [-0.2, 0) is 11.2 Å². The minimum absolute atomic E-state index is 0.0790. The molecule has 0 aliphatic heterocycles. The molecule has 0 spiro atoms. The smallest absolute Gasteiger partial charge is 0.226 e. The Morgan fingerprint density at radius 3 is 2.62 bits per heavy atom. The van der Waals surface area contributed by atoms with Gasteiger partial charge in [-0.05, 0) is 49.7 Å². The Morgan fingerprint density at radius 2 is 1.92 bits per heavy atom. The molecule has 2 aromatic rings. The van der Waals surface area contributed by atoms with Gasteiger partial charge in [-0.2, -0.15) is 0 Å². The van der Waals surface area contributed by atoms with Crippen molar-refractivity contribution in [3.8, 4) is 10.6 Å². The van der Waals surface area contributed by atoms with E-state index in [1.54, 1.807) is 11.3 Å². The lowest BCUT2D eigenvalue weighted by Crippen LogP contribution is -2.54. The van der Waals surface area contributed by atoms with Gasteiger partial charge in [0.25, 0.3) is 0 Å². The van der Waals surface area contributed by atoms with Gasteiger partial charge in [0.1, 0.15) is 5.01 Å². The Kier molecular flexibility index (Phi) is 5.30. The molecule has 0 radical (unpaired) electrons. The molecule has 0 saturated heterocycles. The highest BCUT2D eigenvalue weighted by atomic mass is 35.5. The van der Waals surface area contributed by atoms with Crippen molar-refractivity contribution in [3.63, 3.8) is 0 Å². The summed E-state index contributed by atoms with van der Waals surface area (Å²) in [5.74, 6) is 1.17. The summed E-state index contributed by atoms with van der Waals surface area (Å²) in [6, 6.07) is 8.23. The van der Waals surface area contributed by atoms with Gasteiger partial charge in [0, 0.05) is 28.0 Å². The summed E-state index contributed by atoms with van der Waals surface area (Å²) in [7, 11) is 0. The first-order chi connectivity index (χ1) is 12.6. The van der Waals surface area contributed by atoms with Crippen molar-refractivity contribution in [1.82, 2.24) is 10.3 Å². The Balaban J connectivity index is 1.39. The third kappa shape index (κ3) is 3.95. The lowest BCUT2D eigenvalue weighted by atomic mass is 9.67. The van der Waals surface area contributed by atoms with Crippen LogP contribution in [0.15, 0.2) is 29.6 Å². The Bertz CT molecular complexity index is 762. The number of nitrogens with one attached hydrogen (secondary N) is 1. The van der Waals surface area contributed by atoms with Gasteiger partial charge in [0.15, 0.2) is 0 Å². The molecule has 1 aromatic carbocycles. The van der Waals surface area contributed by atoms with Crippen molar-refractivity contribution in [3.05, 3.63) is 40.4 Å². The van der Waals surface area contributed by atoms with Crippen molar-refractivity contribution >= 4 is 28.8 Å². The van der Waals surface area contributed by atoms with E-state index in [9.17, 15) is 4.79 Å². The second-order valence-electron chi connectivity index (χ2n) is 7.60. The van der Waals surface area contributed by atoms with E-state index in [4.69, 9.17) is 17.3 Å². The fraction of sp³-hybridized carbons (Fsp3) is 0.500. The molecular weight excluding hydrogens is 366 g/mol. The van der Waals surface area contributed by atoms with Crippen LogP contribution in [0.5, 0.6) is 0 Å². The molecule has 2 aliphatic carbocycles. The number of nitrogens with zero attached hydrogens (tertiary/aromatic N) is 1. The number of benzene rings is 1. The Morgan fingerprint density at radius 1 is 1.23 bits per heavy atom. The minimum Gasteiger partial charge on any atom is -0.352 e. The zero-order valence-corrected chi connectivity index (χ0v) is 16.2. The molecule has 4 rings (SSSR count). The minimum atomic E-state index is 0.0790. The van der Waals surface area contributed by atoms with E-state index in [0.717, 1.165) is 29.1 Å². The molecule has 6 heteroatoms.